The van der Waals surface area contributed by atoms with Crippen LogP contribution in [0, 0.1) is 5.82 Å². The Labute approximate surface area is 221 Å². The first-order chi connectivity index (χ1) is 17.4. The number of benzene rings is 2. The fourth-order valence-electron chi connectivity index (χ4n) is 4.96. The van der Waals surface area contributed by atoms with Gasteiger partial charge in [-0.25, -0.2) is 21.9 Å². The second-order valence-electron chi connectivity index (χ2n) is 11.0. The predicted octanol–water partition coefficient (Wildman–Crippen LogP) is 5.60. The summed E-state index contributed by atoms with van der Waals surface area (Å²) in [7, 11) is -1.57. The maximum atomic E-state index is 14.0. The zero-order chi connectivity index (χ0) is 27.2. The normalized spacial score (nSPS) is 17.9. The number of sulfonamides is 1. The summed E-state index contributed by atoms with van der Waals surface area (Å²) in [6, 6.07) is 12.9. The van der Waals surface area contributed by atoms with Crippen molar-refractivity contribution < 1.29 is 22.3 Å². The van der Waals surface area contributed by atoms with Gasteiger partial charge in [0.1, 0.15) is 11.4 Å². The van der Waals surface area contributed by atoms with Gasteiger partial charge in [-0.3, -0.25) is 0 Å². The van der Waals surface area contributed by atoms with Crippen molar-refractivity contribution in [2.24, 2.45) is 0 Å². The largest absolute Gasteiger partial charge is 0.444 e. The van der Waals surface area contributed by atoms with Gasteiger partial charge in [-0.2, -0.15) is 0 Å². The molecule has 0 spiro atoms. The molecule has 0 heterocycles. The van der Waals surface area contributed by atoms with Crippen molar-refractivity contribution >= 4 is 16.1 Å². The molecular formula is C29H41FN2O4S. The van der Waals surface area contributed by atoms with Crippen LogP contribution in [0.5, 0.6) is 0 Å². The van der Waals surface area contributed by atoms with Gasteiger partial charge in [-0.1, -0.05) is 37.3 Å². The number of carbonyl (C=O) groups is 1. The van der Waals surface area contributed by atoms with Crippen molar-refractivity contribution in [3.8, 4) is 0 Å². The van der Waals surface area contributed by atoms with E-state index in [0.717, 1.165) is 36.0 Å². The first-order valence-electron chi connectivity index (χ1n) is 13.2. The van der Waals surface area contributed by atoms with E-state index in [-0.39, 0.29) is 23.5 Å². The van der Waals surface area contributed by atoms with Gasteiger partial charge in [0.15, 0.2) is 0 Å². The van der Waals surface area contributed by atoms with Gasteiger partial charge in [-0.15, -0.1) is 0 Å². The molecule has 0 fully saturated rings. The number of hydrogen-bond donors (Lipinski definition) is 1. The molecule has 0 saturated heterocycles. The second kappa shape index (κ2) is 12.4. The van der Waals surface area contributed by atoms with Gasteiger partial charge in [0.25, 0.3) is 0 Å². The van der Waals surface area contributed by atoms with E-state index in [1.54, 1.807) is 19.2 Å². The molecule has 2 atom stereocenters. The first-order valence-corrected chi connectivity index (χ1v) is 14.8. The molecule has 0 aliphatic heterocycles. The third kappa shape index (κ3) is 8.54. The molecule has 2 unspecified atom stereocenters. The Morgan fingerprint density at radius 1 is 1.16 bits per heavy atom. The van der Waals surface area contributed by atoms with Crippen molar-refractivity contribution in [2.45, 2.75) is 83.8 Å². The lowest BCUT2D eigenvalue weighted by atomic mass is 9.75. The summed E-state index contributed by atoms with van der Waals surface area (Å²) in [5.41, 5.74) is 3.79. The summed E-state index contributed by atoms with van der Waals surface area (Å²) in [6.45, 7) is 7.84. The number of nitrogens with one attached hydrogen (secondary N) is 1. The Hall–Kier alpha value is -2.45. The Morgan fingerprint density at radius 3 is 2.59 bits per heavy atom. The molecule has 1 N–H and O–H groups in total. The summed E-state index contributed by atoms with van der Waals surface area (Å²) >= 11 is 0. The van der Waals surface area contributed by atoms with E-state index in [9.17, 15) is 17.6 Å². The molecule has 1 aliphatic rings. The molecule has 37 heavy (non-hydrogen) atoms. The van der Waals surface area contributed by atoms with Crippen molar-refractivity contribution in [1.29, 1.82) is 0 Å². The number of hydrogen-bond acceptors (Lipinski definition) is 4. The zero-order valence-corrected chi connectivity index (χ0v) is 23.5. The van der Waals surface area contributed by atoms with Gasteiger partial charge in [0, 0.05) is 25.6 Å². The van der Waals surface area contributed by atoms with Crippen LogP contribution in [0.2, 0.25) is 0 Å². The Kier molecular flexibility index (Phi) is 9.75. The topological polar surface area (TPSA) is 75.7 Å². The molecule has 1 aliphatic carbocycles. The minimum absolute atomic E-state index is 0.0365. The molecular weight excluding hydrogens is 491 g/mol. The first kappa shape index (κ1) is 29.1. The lowest BCUT2D eigenvalue weighted by molar-refractivity contribution is 0.0491. The highest BCUT2D eigenvalue weighted by atomic mass is 32.2. The number of rotatable bonds is 10. The number of amides is 1. The maximum Gasteiger partial charge on any atom is 0.407 e. The monoisotopic (exact) mass is 532 g/mol. The fraction of sp³-hybridized carbons (Fsp3) is 0.552. The van der Waals surface area contributed by atoms with Crippen LogP contribution in [0.4, 0.5) is 9.18 Å². The van der Waals surface area contributed by atoms with Crippen LogP contribution < -0.4 is 5.32 Å². The van der Waals surface area contributed by atoms with Crippen molar-refractivity contribution in [3.63, 3.8) is 0 Å². The number of halogens is 1. The van der Waals surface area contributed by atoms with Crippen LogP contribution in [0.25, 0.3) is 0 Å². The standard InChI is InChI=1S/C29H41FN2O4S/c1-6-17-37(34,35)32(5)16-8-10-21-12-13-23-14-15-27(31-28(33)36-29(2,3)4)26(25(23)19-21)20-22-9-7-11-24(30)18-22/h7,9,11-13,18-19,26-27H,6,8,10,14-17,20H2,1-5H3,(H,31,33). The van der Waals surface area contributed by atoms with Gasteiger partial charge < -0.3 is 10.1 Å². The SMILES string of the molecule is CCCS(=O)(=O)N(C)CCCc1ccc2c(c1)C(Cc1cccc(F)c1)C(NC(=O)OC(C)(C)C)CC2. The average Bonchev–Trinajstić information content (AvgIpc) is 2.79. The van der Waals surface area contributed by atoms with Gasteiger partial charge >= 0.3 is 6.09 Å². The van der Waals surface area contributed by atoms with E-state index in [0.29, 0.717) is 25.8 Å². The highest BCUT2D eigenvalue weighted by molar-refractivity contribution is 7.89. The Morgan fingerprint density at radius 2 is 1.92 bits per heavy atom. The molecule has 0 saturated carbocycles. The molecule has 6 nitrogen and oxygen atoms in total. The van der Waals surface area contributed by atoms with E-state index >= 15 is 0 Å². The summed E-state index contributed by atoms with van der Waals surface area (Å²) < 4.78 is 45.5. The van der Waals surface area contributed by atoms with Crippen LogP contribution in [0.3, 0.4) is 0 Å². The van der Waals surface area contributed by atoms with Gasteiger partial charge in [0.05, 0.1) is 5.75 Å². The average molecular weight is 533 g/mol. The van der Waals surface area contributed by atoms with Crippen molar-refractivity contribution in [2.75, 3.05) is 19.3 Å². The van der Waals surface area contributed by atoms with Crippen molar-refractivity contribution in [3.05, 3.63) is 70.5 Å². The molecule has 8 heteroatoms. The number of fused-ring (bicyclic) bond motifs is 1. The van der Waals surface area contributed by atoms with E-state index < -0.39 is 21.7 Å². The molecule has 3 rings (SSSR count). The number of nitrogens with zero attached hydrogens (tertiary/aromatic N) is 1. The highest BCUT2D eigenvalue weighted by Gasteiger charge is 2.32. The third-order valence-corrected chi connectivity index (χ3v) is 8.80. The third-order valence-electron chi connectivity index (χ3n) is 6.74. The Bertz CT molecular complexity index is 1180. The fourth-order valence-corrected chi connectivity index (χ4v) is 6.20. The predicted molar refractivity (Wildman–Crippen MR) is 146 cm³/mol. The molecule has 0 bridgehead atoms. The van der Waals surface area contributed by atoms with Crippen LogP contribution >= 0.6 is 0 Å². The van der Waals surface area contributed by atoms with Crippen LogP contribution in [0.15, 0.2) is 42.5 Å². The molecule has 2 aromatic carbocycles. The summed E-state index contributed by atoms with van der Waals surface area (Å²) in [5.74, 6) is -0.150. The summed E-state index contributed by atoms with van der Waals surface area (Å²) in [4.78, 5) is 12.6. The van der Waals surface area contributed by atoms with Crippen LogP contribution in [0.1, 0.15) is 75.1 Å². The van der Waals surface area contributed by atoms with Gasteiger partial charge in [-0.05, 0) is 93.7 Å². The lowest BCUT2D eigenvalue weighted by Gasteiger charge is -2.35. The lowest BCUT2D eigenvalue weighted by Crippen LogP contribution is -2.44. The minimum atomic E-state index is -3.21. The molecule has 2 aromatic rings. The van der Waals surface area contributed by atoms with E-state index in [1.807, 2.05) is 33.8 Å². The smallest absolute Gasteiger partial charge is 0.407 e. The summed E-state index contributed by atoms with van der Waals surface area (Å²) in [5, 5.41) is 3.08. The number of ether oxygens (including phenoxy) is 1. The zero-order valence-electron chi connectivity index (χ0n) is 22.7. The molecule has 204 valence electrons. The second-order valence-corrected chi connectivity index (χ2v) is 13.2. The summed E-state index contributed by atoms with van der Waals surface area (Å²) in [6.07, 6.45) is 3.80. The maximum absolute atomic E-state index is 14.0. The van der Waals surface area contributed by atoms with Crippen LogP contribution in [-0.4, -0.2) is 49.8 Å². The molecule has 1 amide bonds. The van der Waals surface area contributed by atoms with E-state index in [4.69, 9.17) is 4.74 Å². The quantitative estimate of drug-likeness (QED) is 0.433. The van der Waals surface area contributed by atoms with Crippen molar-refractivity contribution in [1.82, 2.24) is 9.62 Å². The highest BCUT2D eigenvalue weighted by Crippen LogP contribution is 2.36. The Balaban J connectivity index is 1.81. The number of alkyl carbamates (subject to hydrolysis) is 1. The number of carbonyl (C=O) groups excluding carboxylic acids is 1. The number of aryl methyl sites for hydroxylation is 2. The van der Waals surface area contributed by atoms with E-state index in [2.05, 4.69) is 23.5 Å². The molecule has 0 radical (unpaired) electrons. The van der Waals surface area contributed by atoms with E-state index in [1.165, 1.54) is 15.9 Å². The van der Waals surface area contributed by atoms with Gasteiger partial charge in [0.2, 0.25) is 10.0 Å². The minimum Gasteiger partial charge on any atom is -0.444 e. The van der Waals surface area contributed by atoms with Crippen LogP contribution in [-0.2, 0) is 34.0 Å². The molecule has 0 aromatic heterocycles.